The summed E-state index contributed by atoms with van der Waals surface area (Å²) in [4.78, 5) is 24.7. The maximum absolute atomic E-state index is 13.1. The average Bonchev–Trinajstić information content (AvgIpc) is 3.32. The Bertz CT molecular complexity index is 768. The van der Waals surface area contributed by atoms with E-state index < -0.39 is 0 Å². The number of aryl methyl sites for hydroxylation is 1. The van der Waals surface area contributed by atoms with Gasteiger partial charge in [-0.3, -0.25) is 9.59 Å². The quantitative estimate of drug-likeness (QED) is 0.841. The maximum atomic E-state index is 13.1. The van der Waals surface area contributed by atoms with Crippen molar-refractivity contribution in [2.75, 3.05) is 11.9 Å². The van der Waals surface area contributed by atoms with Crippen molar-refractivity contribution in [3.05, 3.63) is 52.2 Å². The number of thiophene rings is 1. The van der Waals surface area contributed by atoms with Crippen LogP contribution in [0.1, 0.15) is 33.6 Å². The molecule has 2 amide bonds. The molecule has 0 bridgehead atoms. The van der Waals surface area contributed by atoms with Crippen LogP contribution in [0, 0.1) is 18.7 Å². The monoisotopic (exact) mass is 346 g/mol. The number of amides is 2. The van der Waals surface area contributed by atoms with Crippen LogP contribution in [0.15, 0.2) is 30.3 Å². The van der Waals surface area contributed by atoms with Gasteiger partial charge < -0.3 is 10.6 Å². The van der Waals surface area contributed by atoms with Crippen LogP contribution in [-0.2, 0) is 11.2 Å². The second-order valence-corrected chi connectivity index (χ2v) is 7.07. The minimum Gasteiger partial charge on any atom is -0.351 e. The van der Waals surface area contributed by atoms with Crippen molar-refractivity contribution >= 4 is 28.2 Å². The summed E-state index contributed by atoms with van der Waals surface area (Å²) in [7, 11) is 0. The first-order valence-corrected chi connectivity index (χ1v) is 8.78. The van der Waals surface area contributed by atoms with E-state index in [9.17, 15) is 14.0 Å². The lowest BCUT2D eigenvalue weighted by Crippen LogP contribution is -2.25. The van der Waals surface area contributed by atoms with E-state index in [0.717, 1.165) is 24.0 Å². The molecule has 6 heteroatoms. The minimum atomic E-state index is -0.274. The largest absolute Gasteiger partial charge is 0.351 e. The Morgan fingerprint density at radius 3 is 2.79 bits per heavy atom. The van der Waals surface area contributed by atoms with Gasteiger partial charge in [-0.25, -0.2) is 4.39 Å². The van der Waals surface area contributed by atoms with Gasteiger partial charge in [0.1, 0.15) is 5.82 Å². The summed E-state index contributed by atoms with van der Waals surface area (Å²) >= 11 is 1.29. The number of anilines is 1. The number of carbonyl (C=O) groups excluding carboxylic acids is 2. The van der Waals surface area contributed by atoms with Gasteiger partial charge in [0.15, 0.2) is 0 Å². The van der Waals surface area contributed by atoms with Gasteiger partial charge in [0.05, 0.1) is 9.88 Å². The Labute approximate surface area is 144 Å². The van der Waals surface area contributed by atoms with Gasteiger partial charge in [0.2, 0.25) is 5.91 Å². The summed E-state index contributed by atoms with van der Waals surface area (Å²) in [6, 6.07) is 8.18. The summed E-state index contributed by atoms with van der Waals surface area (Å²) in [6.45, 7) is 2.29. The third kappa shape index (κ3) is 4.20. The molecular formula is C18H19FN2O2S. The third-order valence-corrected chi connectivity index (χ3v) is 5.06. The van der Waals surface area contributed by atoms with E-state index in [0.29, 0.717) is 22.8 Å². The number of halogens is 1. The fraction of sp³-hybridized carbons (Fsp3) is 0.333. The summed E-state index contributed by atoms with van der Waals surface area (Å²) in [5.74, 6) is -0.268. The van der Waals surface area contributed by atoms with Crippen LogP contribution >= 0.6 is 11.3 Å². The van der Waals surface area contributed by atoms with Crippen LogP contribution in [0.3, 0.4) is 0 Å². The predicted molar refractivity (Wildman–Crippen MR) is 92.8 cm³/mol. The van der Waals surface area contributed by atoms with Gasteiger partial charge in [-0.15, -0.1) is 11.3 Å². The molecule has 4 nitrogen and oxygen atoms in total. The first-order valence-electron chi connectivity index (χ1n) is 7.97. The van der Waals surface area contributed by atoms with Crippen LogP contribution in [0.5, 0.6) is 0 Å². The standard InChI is InChI=1S/C18H19FN2O2S/c1-11-9-15(21-17(22)13-5-6-13)24-16(11)18(23)20-8-7-12-3-2-4-14(19)10-12/h2-4,9-10,13H,5-8H2,1H3,(H,20,23)(H,21,22). The number of hydrogen-bond donors (Lipinski definition) is 2. The molecule has 1 heterocycles. The molecule has 3 rings (SSSR count). The molecule has 2 aromatic rings. The number of carbonyl (C=O) groups is 2. The van der Waals surface area contributed by atoms with Crippen molar-refractivity contribution in [2.24, 2.45) is 5.92 Å². The van der Waals surface area contributed by atoms with Gasteiger partial charge in [0, 0.05) is 12.5 Å². The molecule has 0 spiro atoms. The lowest BCUT2D eigenvalue weighted by molar-refractivity contribution is -0.117. The zero-order valence-corrected chi connectivity index (χ0v) is 14.2. The van der Waals surface area contributed by atoms with Crippen molar-refractivity contribution in [3.8, 4) is 0 Å². The van der Waals surface area contributed by atoms with E-state index in [-0.39, 0.29) is 23.5 Å². The normalized spacial score (nSPS) is 13.6. The smallest absolute Gasteiger partial charge is 0.261 e. The number of nitrogens with one attached hydrogen (secondary N) is 2. The van der Waals surface area contributed by atoms with Gasteiger partial charge in [-0.1, -0.05) is 12.1 Å². The van der Waals surface area contributed by atoms with Crippen LogP contribution < -0.4 is 10.6 Å². The molecule has 0 saturated heterocycles. The molecule has 2 N–H and O–H groups in total. The Hall–Kier alpha value is -2.21. The highest BCUT2D eigenvalue weighted by atomic mass is 32.1. The van der Waals surface area contributed by atoms with Crippen molar-refractivity contribution in [1.29, 1.82) is 0 Å². The maximum Gasteiger partial charge on any atom is 0.261 e. The number of rotatable bonds is 6. The summed E-state index contributed by atoms with van der Waals surface area (Å²) < 4.78 is 13.1. The van der Waals surface area contributed by atoms with Crippen molar-refractivity contribution in [1.82, 2.24) is 5.32 Å². The molecule has 1 aromatic carbocycles. The van der Waals surface area contributed by atoms with Gasteiger partial charge in [-0.05, 0) is 55.5 Å². The van der Waals surface area contributed by atoms with Gasteiger partial charge in [-0.2, -0.15) is 0 Å². The highest BCUT2D eigenvalue weighted by Gasteiger charge is 2.30. The highest BCUT2D eigenvalue weighted by molar-refractivity contribution is 7.18. The second-order valence-electron chi connectivity index (χ2n) is 6.02. The fourth-order valence-corrected chi connectivity index (χ4v) is 3.42. The van der Waals surface area contributed by atoms with Crippen molar-refractivity contribution < 1.29 is 14.0 Å². The zero-order valence-electron chi connectivity index (χ0n) is 13.4. The van der Waals surface area contributed by atoms with Gasteiger partial charge in [0.25, 0.3) is 5.91 Å². The van der Waals surface area contributed by atoms with Crippen LogP contribution in [0.4, 0.5) is 9.39 Å². The van der Waals surface area contributed by atoms with E-state index >= 15 is 0 Å². The zero-order chi connectivity index (χ0) is 17.1. The minimum absolute atomic E-state index is 0.0364. The van der Waals surface area contributed by atoms with Crippen molar-refractivity contribution in [2.45, 2.75) is 26.2 Å². The highest BCUT2D eigenvalue weighted by Crippen LogP contribution is 2.32. The fourth-order valence-electron chi connectivity index (χ4n) is 2.43. The Balaban J connectivity index is 1.54. The second kappa shape index (κ2) is 7.13. The van der Waals surface area contributed by atoms with E-state index in [4.69, 9.17) is 0 Å². The summed E-state index contributed by atoms with van der Waals surface area (Å²) in [6.07, 6.45) is 2.46. The molecule has 0 unspecified atom stereocenters. The topological polar surface area (TPSA) is 58.2 Å². The lowest BCUT2D eigenvalue weighted by atomic mass is 10.1. The first kappa shape index (κ1) is 16.6. The number of hydrogen-bond acceptors (Lipinski definition) is 3. The molecule has 126 valence electrons. The molecule has 0 atom stereocenters. The molecule has 0 radical (unpaired) electrons. The Morgan fingerprint density at radius 1 is 1.29 bits per heavy atom. The van der Waals surface area contributed by atoms with Crippen LogP contribution in [0.25, 0.3) is 0 Å². The molecule has 24 heavy (non-hydrogen) atoms. The average molecular weight is 346 g/mol. The third-order valence-electron chi connectivity index (χ3n) is 3.91. The van der Waals surface area contributed by atoms with E-state index in [1.54, 1.807) is 6.07 Å². The molecule has 1 fully saturated rings. The van der Waals surface area contributed by atoms with Crippen LogP contribution in [-0.4, -0.2) is 18.4 Å². The summed E-state index contributed by atoms with van der Waals surface area (Å²) in [5.41, 5.74) is 1.69. The first-order chi connectivity index (χ1) is 11.5. The van der Waals surface area contributed by atoms with Gasteiger partial charge >= 0.3 is 0 Å². The van der Waals surface area contributed by atoms with E-state index in [1.165, 1.54) is 23.5 Å². The van der Waals surface area contributed by atoms with Crippen LogP contribution in [0.2, 0.25) is 0 Å². The Morgan fingerprint density at radius 2 is 2.08 bits per heavy atom. The van der Waals surface area contributed by atoms with Crippen molar-refractivity contribution in [3.63, 3.8) is 0 Å². The summed E-state index contributed by atoms with van der Waals surface area (Å²) in [5, 5.41) is 6.42. The molecule has 1 aliphatic carbocycles. The Kier molecular flexibility index (Phi) is 4.94. The molecule has 1 aliphatic rings. The number of benzene rings is 1. The molecule has 0 aliphatic heterocycles. The lowest BCUT2D eigenvalue weighted by Gasteiger charge is -2.05. The molecule has 1 saturated carbocycles. The molecule has 1 aromatic heterocycles. The predicted octanol–water partition coefficient (Wildman–Crippen LogP) is 3.52. The van der Waals surface area contributed by atoms with E-state index in [1.807, 2.05) is 19.1 Å². The molecular weight excluding hydrogens is 327 g/mol. The van der Waals surface area contributed by atoms with E-state index in [2.05, 4.69) is 10.6 Å². The SMILES string of the molecule is Cc1cc(NC(=O)C2CC2)sc1C(=O)NCCc1cccc(F)c1.